The van der Waals surface area contributed by atoms with Gasteiger partial charge < -0.3 is 10.6 Å². The standard InChI is InChI=1S/C16H26N2O/c1-5-17-13(4)11-18-16(19)15(12(2)3)14-9-7-6-8-10-14/h6-10,12-13,15,17H,5,11H2,1-4H3,(H,18,19)/t13-,15?/m1/s1. The minimum absolute atomic E-state index is 0.0740. The molecule has 3 nitrogen and oxygen atoms in total. The van der Waals surface area contributed by atoms with Gasteiger partial charge in [-0.1, -0.05) is 51.1 Å². The van der Waals surface area contributed by atoms with Crippen molar-refractivity contribution in [2.75, 3.05) is 13.1 Å². The van der Waals surface area contributed by atoms with Crippen LogP contribution in [0.2, 0.25) is 0 Å². The molecule has 0 heterocycles. The summed E-state index contributed by atoms with van der Waals surface area (Å²) in [4.78, 5) is 12.4. The van der Waals surface area contributed by atoms with Crippen LogP contribution in [-0.2, 0) is 4.79 Å². The zero-order valence-corrected chi connectivity index (χ0v) is 12.4. The maximum atomic E-state index is 12.4. The first kappa shape index (κ1) is 15.7. The van der Waals surface area contributed by atoms with Gasteiger partial charge in [0.2, 0.25) is 5.91 Å². The fourth-order valence-corrected chi connectivity index (χ4v) is 2.28. The third kappa shape index (κ3) is 5.03. The number of amides is 1. The first-order chi connectivity index (χ1) is 9.06. The lowest BCUT2D eigenvalue weighted by Crippen LogP contribution is -2.41. The Hall–Kier alpha value is -1.35. The van der Waals surface area contributed by atoms with E-state index in [1.807, 2.05) is 30.3 Å². The number of benzene rings is 1. The van der Waals surface area contributed by atoms with Gasteiger partial charge in [0.05, 0.1) is 5.92 Å². The minimum atomic E-state index is -0.0740. The molecule has 1 aromatic rings. The van der Waals surface area contributed by atoms with Crippen LogP contribution in [0.25, 0.3) is 0 Å². The molecule has 19 heavy (non-hydrogen) atoms. The third-order valence-corrected chi connectivity index (χ3v) is 3.24. The van der Waals surface area contributed by atoms with Gasteiger partial charge in [0.25, 0.3) is 0 Å². The van der Waals surface area contributed by atoms with E-state index >= 15 is 0 Å². The molecule has 0 spiro atoms. The second-order valence-electron chi connectivity index (χ2n) is 5.34. The van der Waals surface area contributed by atoms with Crippen molar-refractivity contribution in [3.63, 3.8) is 0 Å². The molecule has 1 rings (SSSR count). The predicted molar refractivity (Wildman–Crippen MR) is 80.2 cm³/mol. The highest BCUT2D eigenvalue weighted by atomic mass is 16.1. The highest BCUT2D eigenvalue weighted by Gasteiger charge is 2.23. The van der Waals surface area contributed by atoms with Gasteiger partial charge >= 0.3 is 0 Å². The Morgan fingerprint density at radius 3 is 2.32 bits per heavy atom. The van der Waals surface area contributed by atoms with Gasteiger partial charge in [0, 0.05) is 12.6 Å². The zero-order valence-electron chi connectivity index (χ0n) is 12.4. The van der Waals surface area contributed by atoms with Crippen molar-refractivity contribution in [1.29, 1.82) is 0 Å². The van der Waals surface area contributed by atoms with E-state index in [1.165, 1.54) is 0 Å². The number of nitrogens with one attached hydrogen (secondary N) is 2. The summed E-state index contributed by atoms with van der Waals surface area (Å²) >= 11 is 0. The molecule has 2 atom stereocenters. The van der Waals surface area contributed by atoms with Crippen LogP contribution in [0.15, 0.2) is 30.3 Å². The lowest BCUT2D eigenvalue weighted by Gasteiger charge is -2.22. The fraction of sp³-hybridized carbons (Fsp3) is 0.562. The van der Waals surface area contributed by atoms with Gasteiger partial charge in [-0.3, -0.25) is 4.79 Å². The average Bonchev–Trinajstić information content (AvgIpc) is 2.38. The summed E-state index contributed by atoms with van der Waals surface area (Å²) < 4.78 is 0. The number of rotatable bonds is 7. The molecule has 0 aliphatic heterocycles. The van der Waals surface area contributed by atoms with Gasteiger partial charge in [-0.05, 0) is 24.9 Å². The summed E-state index contributed by atoms with van der Waals surface area (Å²) in [6.45, 7) is 9.91. The molecule has 1 aromatic carbocycles. The van der Waals surface area contributed by atoms with E-state index in [4.69, 9.17) is 0 Å². The van der Waals surface area contributed by atoms with Crippen LogP contribution >= 0.6 is 0 Å². The van der Waals surface area contributed by atoms with Crippen molar-refractivity contribution in [2.24, 2.45) is 5.92 Å². The first-order valence-corrected chi connectivity index (χ1v) is 7.12. The Bertz CT molecular complexity index is 376. The lowest BCUT2D eigenvalue weighted by molar-refractivity contribution is -0.123. The summed E-state index contributed by atoms with van der Waals surface area (Å²) in [5.74, 6) is 0.331. The SMILES string of the molecule is CCN[C@H](C)CNC(=O)C(c1ccccc1)C(C)C. The van der Waals surface area contributed by atoms with Crippen LogP contribution < -0.4 is 10.6 Å². The van der Waals surface area contributed by atoms with E-state index in [2.05, 4.69) is 38.3 Å². The van der Waals surface area contributed by atoms with E-state index in [9.17, 15) is 4.79 Å². The molecule has 0 radical (unpaired) electrons. The maximum absolute atomic E-state index is 12.4. The number of carbonyl (C=O) groups is 1. The van der Waals surface area contributed by atoms with Gasteiger partial charge in [0.1, 0.15) is 0 Å². The van der Waals surface area contributed by atoms with E-state index in [-0.39, 0.29) is 17.7 Å². The van der Waals surface area contributed by atoms with Crippen molar-refractivity contribution in [3.05, 3.63) is 35.9 Å². The summed E-state index contributed by atoms with van der Waals surface area (Å²) in [7, 11) is 0. The van der Waals surface area contributed by atoms with Crippen LogP contribution in [0.4, 0.5) is 0 Å². The summed E-state index contributed by atoms with van der Waals surface area (Å²) in [6.07, 6.45) is 0. The van der Waals surface area contributed by atoms with E-state index in [1.54, 1.807) is 0 Å². The van der Waals surface area contributed by atoms with E-state index < -0.39 is 0 Å². The van der Waals surface area contributed by atoms with Gasteiger partial charge in [0.15, 0.2) is 0 Å². The molecule has 2 N–H and O–H groups in total. The Morgan fingerprint density at radius 1 is 1.16 bits per heavy atom. The third-order valence-electron chi connectivity index (χ3n) is 3.24. The van der Waals surface area contributed by atoms with Crippen LogP contribution in [0, 0.1) is 5.92 Å². The Balaban J connectivity index is 2.65. The number of hydrogen-bond donors (Lipinski definition) is 2. The van der Waals surface area contributed by atoms with Crippen molar-refractivity contribution >= 4 is 5.91 Å². The molecule has 1 unspecified atom stereocenters. The normalized spacial score (nSPS) is 14.2. The predicted octanol–water partition coefficient (Wildman–Crippen LogP) is 2.54. The first-order valence-electron chi connectivity index (χ1n) is 7.12. The van der Waals surface area contributed by atoms with Gasteiger partial charge in [-0.2, -0.15) is 0 Å². The van der Waals surface area contributed by atoms with E-state index in [0.29, 0.717) is 12.6 Å². The number of carbonyl (C=O) groups excluding carboxylic acids is 1. The quantitative estimate of drug-likeness (QED) is 0.793. The van der Waals surface area contributed by atoms with Crippen molar-refractivity contribution in [1.82, 2.24) is 10.6 Å². The molecule has 0 saturated heterocycles. The Kier molecular flexibility index (Phi) is 6.57. The summed E-state index contributed by atoms with van der Waals surface area (Å²) in [6, 6.07) is 10.3. The highest BCUT2D eigenvalue weighted by Crippen LogP contribution is 2.24. The second-order valence-corrected chi connectivity index (χ2v) is 5.34. The monoisotopic (exact) mass is 262 g/mol. The molecule has 0 aromatic heterocycles. The Labute approximate surface area is 116 Å². The van der Waals surface area contributed by atoms with Crippen LogP contribution in [0.1, 0.15) is 39.2 Å². The molecule has 3 heteroatoms. The number of hydrogen-bond acceptors (Lipinski definition) is 2. The van der Waals surface area contributed by atoms with Crippen LogP contribution in [0.3, 0.4) is 0 Å². The molecule has 1 amide bonds. The molecular weight excluding hydrogens is 236 g/mol. The van der Waals surface area contributed by atoms with Crippen LogP contribution in [-0.4, -0.2) is 25.0 Å². The van der Waals surface area contributed by atoms with Crippen molar-refractivity contribution in [2.45, 2.75) is 39.7 Å². The van der Waals surface area contributed by atoms with Gasteiger partial charge in [-0.25, -0.2) is 0 Å². The molecule has 0 bridgehead atoms. The van der Waals surface area contributed by atoms with Crippen molar-refractivity contribution < 1.29 is 4.79 Å². The molecule has 106 valence electrons. The summed E-state index contributed by atoms with van der Waals surface area (Å²) in [5, 5.41) is 6.34. The summed E-state index contributed by atoms with van der Waals surface area (Å²) in [5.41, 5.74) is 1.09. The number of likely N-dealkylation sites (N-methyl/N-ethyl adjacent to an activating group) is 1. The van der Waals surface area contributed by atoms with Crippen LogP contribution in [0.5, 0.6) is 0 Å². The molecule has 0 fully saturated rings. The highest BCUT2D eigenvalue weighted by molar-refractivity contribution is 5.83. The fourth-order valence-electron chi connectivity index (χ4n) is 2.28. The molecular formula is C16H26N2O. The molecule has 0 aliphatic rings. The Morgan fingerprint density at radius 2 is 1.79 bits per heavy atom. The maximum Gasteiger partial charge on any atom is 0.227 e. The minimum Gasteiger partial charge on any atom is -0.354 e. The topological polar surface area (TPSA) is 41.1 Å². The second kappa shape index (κ2) is 7.95. The smallest absolute Gasteiger partial charge is 0.227 e. The largest absolute Gasteiger partial charge is 0.354 e. The van der Waals surface area contributed by atoms with E-state index in [0.717, 1.165) is 12.1 Å². The lowest BCUT2D eigenvalue weighted by atomic mass is 9.87. The zero-order chi connectivity index (χ0) is 14.3. The van der Waals surface area contributed by atoms with Gasteiger partial charge in [-0.15, -0.1) is 0 Å². The molecule has 0 saturated carbocycles. The average molecular weight is 262 g/mol. The van der Waals surface area contributed by atoms with Crippen molar-refractivity contribution in [3.8, 4) is 0 Å². The molecule has 0 aliphatic carbocycles.